The van der Waals surface area contributed by atoms with E-state index in [0.29, 0.717) is 11.8 Å². The van der Waals surface area contributed by atoms with Crippen molar-refractivity contribution in [2.45, 2.75) is 31.0 Å². The van der Waals surface area contributed by atoms with Gasteiger partial charge in [0.25, 0.3) is 0 Å². The van der Waals surface area contributed by atoms with Crippen LogP contribution in [0.4, 0.5) is 0 Å². The van der Waals surface area contributed by atoms with Gasteiger partial charge < -0.3 is 10.2 Å². The van der Waals surface area contributed by atoms with E-state index >= 15 is 0 Å². The third-order valence-electron chi connectivity index (χ3n) is 4.29. The maximum Gasteiger partial charge on any atom is 0.0862 e. The Morgan fingerprint density at radius 3 is 2.24 bits per heavy atom. The van der Waals surface area contributed by atoms with E-state index in [0.717, 1.165) is 17.5 Å². The van der Waals surface area contributed by atoms with Crippen molar-refractivity contribution in [2.75, 3.05) is 5.33 Å². The highest BCUT2D eigenvalue weighted by molar-refractivity contribution is 9.09. The number of halogens is 1. The van der Waals surface area contributed by atoms with Crippen molar-refractivity contribution in [2.24, 2.45) is 0 Å². The molecular formula is C18H19BrO2. The van der Waals surface area contributed by atoms with Gasteiger partial charge >= 0.3 is 0 Å². The molecule has 0 aromatic heterocycles. The van der Waals surface area contributed by atoms with Gasteiger partial charge in [-0.25, -0.2) is 0 Å². The number of alkyl halides is 1. The first-order chi connectivity index (χ1) is 10.2. The summed E-state index contributed by atoms with van der Waals surface area (Å²) in [5.41, 5.74) is 4.56. The molecule has 21 heavy (non-hydrogen) atoms. The Bertz CT molecular complexity index is 626. The largest absolute Gasteiger partial charge is 0.392 e. The van der Waals surface area contributed by atoms with Gasteiger partial charge in [0.15, 0.2) is 0 Å². The van der Waals surface area contributed by atoms with Gasteiger partial charge in [0.1, 0.15) is 0 Å². The van der Waals surface area contributed by atoms with Crippen molar-refractivity contribution in [3.8, 4) is 0 Å². The van der Waals surface area contributed by atoms with Gasteiger partial charge in [-0.1, -0.05) is 64.5 Å². The topological polar surface area (TPSA) is 40.5 Å². The van der Waals surface area contributed by atoms with E-state index in [2.05, 4.69) is 34.1 Å². The normalized spacial score (nSPS) is 22.0. The van der Waals surface area contributed by atoms with Crippen LogP contribution in [0.5, 0.6) is 0 Å². The molecule has 3 rings (SSSR count). The van der Waals surface area contributed by atoms with Crippen molar-refractivity contribution >= 4 is 15.9 Å². The summed E-state index contributed by atoms with van der Waals surface area (Å²) < 4.78 is 0. The Morgan fingerprint density at radius 2 is 1.57 bits per heavy atom. The summed E-state index contributed by atoms with van der Waals surface area (Å²) >= 11 is 3.32. The van der Waals surface area contributed by atoms with Crippen LogP contribution in [0.15, 0.2) is 48.5 Å². The van der Waals surface area contributed by atoms with Crippen LogP contribution in [-0.4, -0.2) is 21.6 Å². The van der Waals surface area contributed by atoms with Gasteiger partial charge in [0.05, 0.1) is 12.2 Å². The van der Waals surface area contributed by atoms with Crippen LogP contribution < -0.4 is 0 Å². The third-order valence-corrected chi connectivity index (χ3v) is 5.04. The lowest BCUT2D eigenvalue weighted by Crippen LogP contribution is -2.19. The fraction of sp³-hybridized carbons (Fsp3) is 0.333. The minimum Gasteiger partial charge on any atom is -0.392 e. The summed E-state index contributed by atoms with van der Waals surface area (Å²) in [5, 5.41) is 21.4. The summed E-state index contributed by atoms with van der Waals surface area (Å²) in [6.07, 6.45) is 0.365. The van der Waals surface area contributed by atoms with Crippen molar-refractivity contribution in [3.63, 3.8) is 0 Å². The molecule has 1 aliphatic rings. The second-order valence-corrected chi connectivity index (χ2v) is 6.32. The first kappa shape index (κ1) is 14.8. The van der Waals surface area contributed by atoms with Crippen molar-refractivity contribution in [1.29, 1.82) is 0 Å². The predicted molar refractivity (Wildman–Crippen MR) is 87.8 cm³/mol. The number of aliphatic hydroxyl groups is 2. The Balaban J connectivity index is 2.09. The number of hydrogen-bond donors (Lipinski definition) is 2. The summed E-state index contributed by atoms with van der Waals surface area (Å²) in [6, 6.07) is 16.3. The van der Waals surface area contributed by atoms with Gasteiger partial charge in [-0.05, 0) is 35.1 Å². The van der Waals surface area contributed by atoms with E-state index in [1.165, 1.54) is 11.1 Å². The Hall–Kier alpha value is -1.16. The lowest BCUT2D eigenvalue weighted by Gasteiger charge is -2.25. The van der Waals surface area contributed by atoms with Crippen molar-refractivity contribution in [1.82, 2.24) is 0 Å². The zero-order valence-corrected chi connectivity index (χ0v) is 13.3. The summed E-state index contributed by atoms with van der Waals surface area (Å²) in [7, 11) is 0. The Labute approximate surface area is 133 Å². The molecule has 3 atom stereocenters. The molecule has 1 aliphatic carbocycles. The molecule has 2 aromatic rings. The minimum atomic E-state index is -0.571. The van der Waals surface area contributed by atoms with E-state index in [-0.39, 0.29) is 5.92 Å². The number of hydrogen-bond acceptors (Lipinski definition) is 2. The molecule has 0 spiro atoms. The van der Waals surface area contributed by atoms with Crippen LogP contribution in [0.3, 0.4) is 0 Å². The van der Waals surface area contributed by atoms with E-state index in [1.54, 1.807) is 0 Å². The summed E-state index contributed by atoms with van der Waals surface area (Å²) in [4.78, 5) is 0. The molecule has 2 nitrogen and oxygen atoms in total. The highest BCUT2D eigenvalue weighted by atomic mass is 79.9. The molecule has 0 fully saturated rings. The SMILES string of the molecule is O[C@@H](CBr)C[C@@H]1c2ccccc2Cc2ccccc2[C@H]1O. The van der Waals surface area contributed by atoms with Crippen LogP contribution in [0.25, 0.3) is 0 Å². The summed E-state index contributed by atoms with van der Waals surface area (Å²) in [5.74, 6) is -0.0719. The smallest absolute Gasteiger partial charge is 0.0862 e. The van der Waals surface area contributed by atoms with Crippen LogP contribution in [-0.2, 0) is 6.42 Å². The average molecular weight is 347 g/mol. The fourth-order valence-electron chi connectivity index (χ4n) is 3.24. The van der Waals surface area contributed by atoms with Gasteiger partial charge in [-0.3, -0.25) is 0 Å². The molecule has 0 unspecified atom stereocenters. The molecule has 0 aliphatic heterocycles. The van der Waals surface area contributed by atoms with Crippen molar-refractivity contribution in [3.05, 3.63) is 70.8 Å². The quantitative estimate of drug-likeness (QED) is 0.834. The molecule has 0 amide bonds. The third kappa shape index (κ3) is 2.91. The van der Waals surface area contributed by atoms with Crippen LogP contribution in [0, 0.1) is 0 Å². The number of aliphatic hydroxyl groups excluding tert-OH is 2. The van der Waals surface area contributed by atoms with Crippen LogP contribution in [0.1, 0.15) is 40.7 Å². The van der Waals surface area contributed by atoms with E-state index < -0.39 is 12.2 Å². The molecule has 0 saturated carbocycles. The average Bonchev–Trinajstić information content (AvgIpc) is 2.63. The Morgan fingerprint density at radius 1 is 1.00 bits per heavy atom. The van der Waals surface area contributed by atoms with Crippen molar-refractivity contribution < 1.29 is 10.2 Å². The van der Waals surface area contributed by atoms with Gasteiger partial charge in [-0.2, -0.15) is 0 Å². The van der Waals surface area contributed by atoms with E-state index in [4.69, 9.17) is 0 Å². The van der Waals surface area contributed by atoms with Crippen LogP contribution in [0.2, 0.25) is 0 Å². The van der Waals surface area contributed by atoms with Gasteiger partial charge in [0.2, 0.25) is 0 Å². The lowest BCUT2D eigenvalue weighted by atomic mass is 9.85. The monoisotopic (exact) mass is 346 g/mol. The van der Waals surface area contributed by atoms with Crippen LogP contribution >= 0.6 is 15.9 Å². The molecular weight excluding hydrogens is 328 g/mol. The zero-order valence-electron chi connectivity index (χ0n) is 11.7. The molecule has 2 aromatic carbocycles. The maximum absolute atomic E-state index is 10.9. The summed E-state index contributed by atoms with van der Waals surface area (Å²) in [6.45, 7) is 0. The second kappa shape index (κ2) is 6.30. The first-order valence-corrected chi connectivity index (χ1v) is 8.40. The highest BCUT2D eigenvalue weighted by Crippen LogP contribution is 2.41. The molecule has 0 radical (unpaired) electrons. The first-order valence-electron chi connectivity index (χ1n) is 7.28. The Kier molecular flexibility index (Phi) is 4.43. The zero-order chi connectivity index (χ0) is 14.8. The minimum absolute atomic E-state index is 0.0719. The fourth-order valence-corrected chi connectivity index (χ4v) is 3.51. The van der Waals surface area contributed by atoms with Gasteiger partial charge in [0, 0.05) is 11.2 Å². The van der Waals surface area contributed by atoms with E-state index in [9.17, 15) is 10.2 Å². The maximum atomic E-state index is 10.9. The number of benzene rings is 2. The number of fused-ring (bicyclic) bond motifs is 2. The number of rotatable bonds is 3. The standard InChI is InChI=1S/C18H19BrO2/c19-11-14(20)10-17-15-7-3-1-5-12(15)9-13-6-2-4-8-16(13)18(17)21/h1-8,14,17-18,20-21H,9-11H2/t14-,17-,18-/m1/s1. The highest BCUT2D eigenvalue weighted by Gasteiger charge is 2.30. The van der Waals surface area contributed by atoms with E-state index in [1.807, 2.05) is 30.3 Å². The molecule has 0 saturated heterocycles. The molecule has 3 heteroatoms. The second-order valence-electron chi connectivity index (χ2n) is 5.67. The molecule has 0 heterocycles. The molecule has 110 valence electrons. The lowest BCUT2D eigenvalue weighted by molar-refractivity contribution is 0.103. The molecule has 0 bridgehead atoms. The molecule has 2 N–H and O–H groups in total. The van der Waals surface area contributed by atoms with Gasteiger partial charge in [-0.15, -0.1) is 0 Å². The predicted octanol–water partition coefficient (Wildman–Crippen LogP) is 3.55.